The number of rotatable bonds is 4. The summed E-state index contributed by atoms with van der Waals surface area (Å²) in [5.41, 5.74) is 2.09. The van der Waals surface area contributed by atoms with E-state index in [-0.39, 0.29) is 13.4 Å². The Morgan fingerprint density at radius 3 is 2.93 bits per heavy atom. The third kappa shape index (κ3) is 3.00. The molecular formula is C19H12N2O5S. The Labute approximate surface area is 157 Å². The van der Waals surface area contributed by atoms with Gasteiger partial charge in [0.2, 0.25) is 11.8 Å². The standard InChI is InChI=1S/C19H12N2O5S/c22-19(18-20-13-3-1-2-4-17(13)27-18)23-9-12-8-15(26-21-12)11-5-6-14-16(7-11)25-10-24-14/h1-8H,9-10H2. The van der Waals surface area contributed by atoms with Crippen LogP contribution in [0.25, 0.3) is 21.5 Å². The van der Waals surface area contributed by atoms with Crippen molar-refractivity contribution in [2.75, 3.05) is 6.79 Å². The van der Waals surface area contributed by atoms with Gasteiger partial charge in [0.1, 0.15) is 12.3 Å². The van der Waals surface area contributed by atoms with Crippen molar-refractivity contribution in [1.29, 1.82) is 0 Å². The molecule has 0 spiro atoms. The van der Waals surface area contributed by atoms with Gasteiger partial charge in [-0.2, -0.15) is 0 Å². The molecule has 0 saturated heterocycles. The van der Waals surface area contributed by atoms with Gasteiger partial charge in [0.15, 0.2) is 17.3 Å². The van der Waals surface area contributed by atoms with Crippen molar-refractivity contribution in [1.82, 2.24) is 10.1 Å². The number of aromatic nitrogens is 2. The van der Waals surface area contributed by atoms with Crippen molar-refractivity contribution >= 4 is 27.5 Å². The molecule has 1 aliphatic rings. The first-order valence-corrected chi connectivity index (χ1v) is 8.96. The van der Waals surface area contributed by atoms with Crippen molar-refractivity contribution in [2.24, 2.45) is 0 Å². The highest BCUT2D eigenvalue weighted by Crippen LogP contribution is 2.36. The fraction of sp³-hybridized carbons (Fsp3) is 0.105. The number of thiazole rings is 1. The molecule has 0 amide bonds. The first-order chi connectivity index (χ1) is 13.3. The van der Waals surface area contributed by atoms with Gasteiger partial charge in [0, 0.05) is 11.6 Å². The van der Waals surface area contributed by atoms with Gasteiger partial charge in [-0.15, -0.1) is 11.3 Å². The summed E-state index contributed by atoms with van der Waals surface area (Å²) in [5, 5.41) is 4.27. The van der Waals surface area contributed by atoms with E-state index in [1.807, 2.05) is 42.5 Å². The smallest absolute Gasteiger partial charge is 0.367 e. The Morgan fingerprint density at radius 1 is 1.11 bits per heavy atom. The third-order valence-electron chi connectivity index (χ3n) is 4.04. The molecule has 0 bridgehead atoms. The molecule has 3 heterocycles. The molecular weight excluding hydrogens is 368 g/mol. The maximum atomic E-state index is 12.2. The van der Waals surface area contributed by atoms with Gasteiger partial charge in [-0.1, -0.05) is 17.3 Å². The fourth-order valence-electron chi connectivity index (χ4n) is 2.73. The summed E-state index contributed by atoms with van der Waals surface area (Å²) in [7, 11) is 0. The quantitative estimate of drug-likeness (QED) is 0.494. The minimum atomic E-state index is -0.483. The molecule has 4 aromatic rings. The third-order valence-corrected chi connectivity index (χ3v) is 5.05. The lowest BCUT2D eigenvalue weighted by Gasteiger charge is -1.99. The molecule has 0 aliphatic carbocycles. The second-order valence-electron chi connectivity index (χ2n) is 5.81. The van der Waals surface area contributed by atoms with Crippen LogP contribution >= 0.6 is 11.3 Å². The number of esters is 1. The van der Waals surface area contributed by atoms with E-state index in [2.05, 4.69) is 10.1 Å². The lowest BCUT2D eigenvalue weighted by atomic mass is 10.1. The van der Waals surface area contributed by atoms with E-state index >= 15 is 0 Å². The van der Waals surface area contributed by atoms with E-state index in [1.54, 1.807) is 6.07 Å². The Hall–Kier alpha value is -3.39. The Balaban J connectivity index is 1.28. The molecule has 0 fully saturated rings. The molecule has 0 radical (unpaired) electrons. The second-order valence-corrected chi connectivity index (χ2v) is 6.84. The Bertz CT molecular complexity index is 1120. The van der Waals surface area contributed by atoms with Crippen LogP contribution in [0.5, 0.6) is 11.5 Å². The highest BCUT2D eigenvalue weighted by atomic mass is 32.1. The van der Waals surface area contributed by atoms with Crippen molar-refractivity contribution in [3.05, 3.63) is 59.2 Å². The predicted molar refractivity (Wildman–Crippen MR) is 96.8 cm³/mol. The van der Waals surface area contributed by atoms with Crippen LogP contribution in [-0.4, -0.2) is 22.9 Å². The number of hydrogen-bond donors (Lipinski definition) is 0. The van der Waals surface area contributed by atoms with Crippen LogP contribution in [-0.2, 0) is 11.3 Å². The molecule has 0 N–H and O–H groups in total. The summed E-state index contributed by atoms with van der Waals surface area (Å²) in [6.45, 7) is 0.213. The number of carbonyl (C=O) groups is 1. The van der Waals surface area contributed by atoms with E-state index in [0.29, 0.717) is 28.0 Å². The first kappa shape index (κ1) is 15.8. The molecule has 1 aliphatic heterocycles. The number of para-hydroxylation sites is 1. The molecule has 8 heteroatoms. The zero-order valence-corrected chi connectivity index (χ0v) is 14.7. The first-order valence-electron chi connectivity index (χ1n) is 8.14. The Morgan fingerprint density at radius 2 is 2.00 bits per heavy atom. The van der Waals surface area contributed by atoms with Gasteiger partial charge in [-0.05, 0) is 30.3 Å². The van der Waals surface area contributed by atoms with Crippen LogP contribution in [0.15, 0.2) is 53.1 Å². The highest BCUT2D eigenvalue weighted by Gasteiger charge is 2.17. The summed E-state index contributed by atoms with van der Waals surface area (Å²) in [6, 6.07) is 14.8. The van der Waals surface area contributed by atoms with Gasteiger partial charge >= 0.3 is 5.97 Å². The number of fused-ring (bicyclic) bond motifs is 2. The maximum absolute atomic E-state index is 12.2. The molecule has 7 nitrogen and oxygen atoms in total. The van der Waals surface area contributed by atoms with Gasteiger partial charge < -0.3 is 18.7 Å². The van der Waals surface area contributed by atoms with E-state index < -0.39 is 5.97 Å². The van der Waals surface area contributed by atoms with Gasteiger partial charge in [-0.25, -0.2) is 9.78 Å². The molecule has 0 unspecified atom stereocenters. The molecule has 0 atom stereocenters. The zero-order valence-electron chi connectivity index (χ0n) is 13.9. The fourth-order valence-corrected chi connectivity index (χ4v) is 3.59. The highest BCUT2D eigenvalue weighted by molar-refractivity contribution is 7.20. The van der Waals surface area contributed by atoms with Crippen LogP contribution in [0.3, 0.4) is 0 Å². The molecule has 2 aromatic heterocycles. The van der Waals surface area contributed by atoms with E-state index in [1.165, 1.54) is 11.3 Å². The molecule has 134 valence electrons. The lowest BCUT2D eigenvalue weighted by Crippen LogP contribution is -2.04. The number of carbonyl (C=O) groups excluding carboxylic acids is 1. The normalized spacial score (nSPS) is 12.4. The monoisotopic (exact) mass is 380 g/mol. The van der Waals surface area contributed by atoms with Gasteiger partial charge in [0.25, 0.3) is 0 Å². The van der Waals surface area contributed by atoms with E-state index in [0.717, 1.165) is 15.8 Å². The minimum Gasteiger partial charge on any atom is -0.454 e. The molecule has 0 saturated carbocycles. The topological polar surface area (TPSA) is 83.7 Å². The summed E-state index contributed by atoms with van der Waals surface area (Å²) in [4.78, 5) is 16.5. The van der Waals surface area contributed by atoms with Crippen molar-refractivity contribution in [2.45, 2.75) is 6.61 Å². The summed E-state index contributed by atoms with van der Waals surface area (Å²) >= 11 is 1.30. The minimum absolute atomic E-state index is 0.00279. The van der Waals surface area contributed by atoms with Gasteiger partial charge in [-0.3, -0.25) is 0 Å². The summed E-state index contributed by atoms with van der Waals surface area (Å²) in [6.07, 6.45) is 0. The lowest BCUT2D eigenvalue weighted by molar-refractivity contribution is 0.0464. The van der Waals surface area contributed by atoms with Crippen LogP contribution < -0.4 is 9.47 Å². The van der Waals surface area contributed by atoms with Crippen LogP contribution in [0.2, 0.25) is 0 Å². The predicted octanol–water partition coefficient (Wildman–Crippen LogP) is 4.04. The van der Waals surface area contributed by atoms with Crippen LogP contribution in [0, 0.1) is 0 Å². The van der Waals surface area contributed by atoms with Crippen molar-refractivity contribution in [3.8, 4) is 22.8 Å². The molecule has 5 rings (SSSR count). The van der Waals surface area contributed by atoms with Crippen molar-refractivity contribution in [3.63, 3.8) is 0 Å². The molecule has 2 aromatic carbocycles. The van der Waals surface area contributed by atoms with Gasteiger partial charge in [0.05, 0.1) is 10.2 Å². The van der Waals surface area contributed by atoms with E-state index in [9.17, 15) is 4.79 Å². The average molecular weight is 380 g/mol. The largest absolute Gasteiger partial charge is 0.454 e. The average Bonchev–Trinajstić information content (AvgIpc) is 3.44. The van der Waals surface area contributed by atoms with E-state index in [4.69, 9.17) is 18.7 Å². The van der Waals surface area contributed by atoms with Crippen LogP contribution in [0.4, 0.5) is 0 Å². The molecule has 27 heavy (non-hydrogen) atoms. The van der Waals surface area contributed by atoms with Crippen molar-refractivity contribution < 1.29 is 23.5 Å². The number of nitrogens with zero attached hydrogens (tertiary/aromatic N) is 2. The zero-order chi connectivity index (χ0) is 18.2. The maximum Gasteiger partial charge on any atom is 0.367 e. The number of benzene rings is 2. The number of hydrogen-bond acceptors (Lipinski definition) is 8. The Kier molecular flexibility index (Phi) is 3.75. The number of ether oxygens (including phenoxy) is 3. The summed E-state index contributed by atoms with van der Waals surface area (Å²) < 4.78 is 22.2. The second kappa shape index (κ2) is 6.40. The summed E-state index contributed by atoms with van der Waals surface area (Å²) in [5.74, 6) is 1.43. The SMILES string of the molecule is O=C(OCc1cc(-c2ccc3c(c2)OCO3)on1)c1nc2ccccc2s1. The van der Waals surface area contributed by atoms with Crippen LogP contribution in [0.1, 0.15) is 15.5 Å².